The van der Waals surface area contributed by atoms with Crippen molar-refractivity contribution in [1.82, 2.24) is 9.55 Å². The van der Waals surface area contributed by atoms with E-state index in [4.69, 9.17) is 4.74 Å². The predicted octanol–water partition coefficient (Wildman–Crippen LogP) is 5.28. The maximum Gasteiger partial charge on any atom is 0.138 e. The number of nitrogens with zero attached hydrogens (tertiary/aromatic N) is 2. The van der Waals surface area contributed by atoms with E-state index in [9.17, 15) is 0 Å². The Kier molecular flexibility index (Phi) is 4.54. The third-order valence-corrected chi connectivity index (χ3v) is 6.25. The van der Waals surface area contributed by atoms with E-state index in [0.717, 1.165) is 6.42 Å². The van der Waals surface area contributed by atoms with E-state index in [1.54, 1.807) is 16.7 Å². The van der Waals surface area contributed by atoms with Gasteiger partial charge >= 0.3 is 0 Å². The Morgan fingerprint density at radius 3 is 2.81 bits per heavy atom. The van der Waals surface area contributed by atoms with Crippen LogP contribution >= 0.6 is 0 Å². The van der Waals surface area contributed by atoms with Crippen LogP contribution in [0.25, 0.3) is 0 Å². The molecule has 2 aromatic carbocycles. The summed E-state index contributed by atoms with van der Waals surface area (Å²) in [4.78, 5) is 4.28. The molecule has 0 saturated carbocycles. The molecule has 3 nitrogen and oxygen atoms in total. The van der Waals surface area contributed by atoms with Gasteiger partial charge in [-0.15, -0.1) is 0 Å². The van der Waals surface area contributed by atoms with Crippen molar-refractivity contribution in [3.05, 3.63) is 89.5 Å². The molecule has 3 atom stereocenters. The predicted molar refractivity (Wildman–Crippen MR) is 106 cm³/mol. The topological polar surface area (TPSA) is 27.1 Å². The fraction of sp³-hybridized carbons (Fsp3) is 0.375. The van der Waals surface area contributed by atoms with Crippen molar-refractivity contribution in [2.24, 2.45) is 5.92 Å². The molecule has 0 radical (unpaired) electrons. The number of benzene rings is 2. The van der Waals surface area contributed by atoms with Crippen molar-refractivity contribution in [3.63, 3.8) is 0 Å². The molecule has 0 fully saturated rings. The average Bonchev–Trinajstić information content (AvgIpc) is 3.24. The monoisotopic (exact) mass is 358 g/mol. The minimum absolute atomic E-state index is 0.0337. The van der Waals surface area contributed by atoms with Gasteiger partial charge in [-0.3, -0.25) is 0 Å². The normalized spacial score (nSPS) is 22.2. The van der Waals surface area contributed by atoms with E-state index < -0.39 is 0 Å². The molecule has 1 aromatic heterocycles. The number of hydrogen-bond acceptors (Lipinski definition) is 2. The summed E-state index contributed by atoms with van der Waals surface area (Å²) in [7, 11) is 0. The Bertz CT molecular complexity index is 888. The summed E-state index contributed by atoms with van der Waals surface area (Å²) in [6.45, 7) is 0.637. The summed E-state index contributed by atoms with van der Waals surface area (Å²) in [5.74, 6) is 1.17. The van der Waals surface area contributed by atoms with Crippen molar-refractivity contribution < 1.29 is 4.74 Å². The summed E-state index contributed by atoms with van der Waals surface area (Å²) in [5, 5.41) is 0. The van der Waals surface area contributed by atoms with Crippen LogP contribution in [0.1, 0.15) is 53.7 Å². The Hall–Kier alpha value is -2.39. The highest BCUT2D eigenvalue weighted by molar-refractivity contribution is 5.42. The molecule has 1 heterocycles. The lowest BCUT2D eigenvalue weighted by molar-refractivity contribution is -0.0566. The van der Waals surface area contributed by atoms with Gasteiger partial charge in [0.15, 0.2) is 0 Å². The summed E-state index contributed by atoms with van der Waals surface area (Å²) in [6.07, 6.45) is 12.0. The summed E-state index contributed by atoms with van der Waals surface area (Å²) >= 11 is 0. The van der Waals surface area contributed by atoms with E-state index >= 15 is 0 Å². The first-order valence-corrected chi connectivity index (χ1v) is 10.1. The quantitative estimate of drug-likeness (QED) is 0.620. The maximum absolute atomic E-state index is 6.49. The van der Waals surface area contributed by atoms with Gasteiger partial charge in [-0.05, 0) is 60.3 Å². The zero-order valence-electron chi connectivity index (χ0n) is 15.6. The summed E-state index contributed by atoms with van der Waals surface area (Å²) < 4.78 is 8.65. The zero-order valence-corrected chi connectivity index (χ0v) is 15.6. The average molecular weight is 358 g/mol. The molecule has 3 heteroatoms. The number of aromatic nitrogens is 2. The lowest BCUT2D eigenvalue weighted by Crippen LogP contribution is -2.30. The van der Waals surface area contributed by atoms with Crippen molar-refractivity contribution in [2.75, 3.05) is 0 Å². The third-order valence-electron chi connectivity index (χ3n) is 6.25. The smallest absolute Gasteiger partial charge is 0.138 e. The van der Waals surface area contributed by atoms with Gasteiger partial charge in [0.05, 0.1) is 12.9 Å². The standard InChI is InChI=1S/C24H26N2O/c1-2-6-18(7-3-1)16-27-24(26-13-12-25-17-26)22-14-20-10-4-8-19-9-5-11-21(15-22)23(19)20/h1-4,6-8,10,12-13,17,21-22,24H,5,9,11,14-16H2/t21-,22+,24-/m1/s1. The van der Waals surface area contributed by atoms with Gasteiger partial charge < -0.3 is 9.30 Å². The third kappa shape index (κ3) is 3.32. The molecular formula is C24H26N2O. The Balaban J connectivity index is 1.42. The van der Waals surface area contributed by atoms with Crippen LogP contribution in [0.15, 0.2) is 67.3 Å². The van der Waals surface area contributed by atoms with Gasteiger partial charge in [-0.2, -0.15) is 0 Å². The second-order valence-electron chi connectivity index (χ2n) is 7.98. The second kappa shape index (κ2) is 7.32. The number of hydrogen-bond donors (Lipinski definition) is 0. The molecule has 2 aliphatic carbocycles. The molecule has 0 amide bonds. The molecule has 3 aromatic rings. The number of rotatable bonds is 5. The molecule has 0 aliphatic heterocycles. The van der Waals surface area contributed by atoms with Crippen LogP contribution < -0.4 is 0 Å². The lowest BCUT2D eigenvalue weighted by Gasteiger charge is -2.39. The highest BCUT2D eigenvalue weighted by Crippen LogP contribution is 2.46. The first-order valence-electron chi connectivity index (χ1n) is 10.1. The van der Waals surface area contributed by atoms with Gasteiger partial charge in [0, 0.05) is 18.3 Å². The number of imidazole rings is 1. The van der Waals surface area contributed by atoms with E-state index in [1.165, 1.54) is 31.2 Å². The summed E-state index contributed by atoms with van der Waals surface area (Å²) in [5.41, 5.74) is 6.01. The Morgan fingerprint density at radius 2 is 1.96 bits per heavy atom. The van der Waals surface area contributed by atoms with Crippen LogP contribution in [0.2, 0.25) is 0 Å². The van der Waals surface area contributed by atoms with Gasteiger partial charge in [0.25, 0.3) is 0 Å². The second-order valence-corrected chi connectivity index (χ2v) is 7.98. The van der Waals surface area contributed by atoms with Crippen LogP contribution in [-0.4, -0.2) is 9.55 Å². The van der Waals surface area contributed by atoms with Gasteiger partial charge in [-0.25, -0.2) is 4.98 Å². The van der Waals surface area contributed by atoms with E-state index in [0.29, 0.717) is 18.4 Å². The van der Waals surface area contributed by atoms with Crippen LogP contribution in [0.5, 0.6) is 0 Å². The number of ether oxygens (including phenoxy) is 1. The minimum atomic E-state index is 0.0337. The molecule has 2 aliphatic rings. The zero-order chi connectivity index (χ0) is 18.1. The maximum atomic E-state index is 6.49. The number of aryl methyl sites for hydroxylation is 1. The highest BCUT2D eigenvalue weighted by Gasteiger charge is 2.35. The SMILES string of the molecule is c1ccc(CO[C@H]([C@H]2Cc3cccc4c3[C@H](CCC4)C2)n2ccnc2)cc1. The molecule has 27 heavy (non-hydrogen) atoms. The fourth-order valence-corrected chi connectivity index (χ4v) is 5.10. The minimum Gasteiger partial charge on any atom is -0.353 e. The largest absolute Gasteiger partial charge is 0.353 e. The van der Waals surface area contributed by atoms with Crippen LogP contribution in [0.3, 0.4) is 0 Å². The lowest BCUT2D eigenvalue weighted by atomic mass is 9.69. The highest BCUT2D eigenvalue weighted by atomic mass is 16.5. The Morgan fingerprint density at radius 1 is 1.07 bits per heavy atom. The van der Waals surface area contributed by atoms with E-state index in [-0.39, 0.29) is 6.23 Å². The Labute approximate surface area is 161 Å². The van der Waals surface area contributed by atoms with Crippen molar-refractivity contribution in [3.8, 4) is 0 Å². The molecular weight excluding hydrogens is 332 g/mol. The van der Waals surface area contributed by atoms with Crippen molar-refractivity contribution in [1.29, 1.82) is 0 Å². The van der Waals surface area contributed by atoms with Crippen LogP contribution in [0, 0.1) is 5.92 Å². The molecule has 0 bridgehead atoms. The molecule has 0 spiro atoms. The molecule has 0 N–H and O–H groups in total. The van der Waals surface area contributed by atoms with Gasteiger partial charge in [0.2, 0.25) is 0 Å². The van der Waals surface area contributed by atoms with E-state index in [1.807, 2.05) is 18.7 Å². The fourth-order valence-electron chi connectivity index (χ4n) is 5.10. The molecule has 138 valence electrons. The van der Waals surface area contributed by atoms with Crippen LogP contribution in [-0.2, 0) is 24.2 Å². The first-order chi connectivity index (χ1) is 13.4. The van der Waals surface area contributed by atoms with Crippen LogP contribution in [0.4, 0.5) is 0 Å². The molecule has 0 unspecified atom stereocenters. The van der Waals surface area contributed by atoms with E-state index in [2.05, 4.69) is 58.1 Å². The van der Waals surface area contributed by atoms with Crippen molar-refractivity contribution >= 4 is 0 Å². The van der Waals surface area contributed by atoms with Gasteiger partial charge in [-0.1, -0.05) is 48.5 Å². The van der Waals surface area contributed by atoms with Gasteiger partial charge in [0.1, 0.15) is 6.23 Å². The van der Waals surface area contributed by atoms with Crippen molar-refractivity contribution in [2.45, 2.75) is 50.9 Å². The molecule has 0 saturated heterocycles. The summed E-state index contributed by atoms with van der Waals surface area (Å²) in [6, 6.07) is 17.4. The molecule has 5 rings (SSSR count). The first kappa shape index (κ1) is 16.8.